The van der Waals surface area contributed by atoms with Crippen molar-refractivity contribution in [2.24, 2.45) is 0 Å². The number of H-pyrrole nitrogens is 1. The summed E-state index contributed by atoms with van der Waals surface area (Å²) in [4.78, 5) is 18.5. The van der Waals surface area contributed by atoms with Crippen LogP contribution in [0, 0.1) is 6.92 Å². The van der Waals surface area contributed by atoms with Crippen LogP contribution in [0.1, 0.15) is 73.6 Å². The Balaban J connectivity index is 1.56. The Morgan fingerprint density at radius 2 is 1.89 bits per heavy atom. The minimum absolute atomic E-state index is 0.0573. The van der Waals surface area contributed by atoms with Gasteiger partial charge < -0.3 is 9.72 Å². The number of hydrogen-bond acceptors (Lipinski definition) is 6. The van der Waals surface area contributed by atoms with Crippen molar-refractivity contribution in [2.45, 2.75) is 71.1 Å². The van der Waals surface area contributed by atoms with Crippen molar-refractivity contribution >= 4 is 10.9 Å². The van der Waals surface area contributed by atoms with Gasteiger partial charge in [-0.1, -0.05) is 49.6 Å². The van der Waals surface area contributed by atoms with Crippen LogP contribution in [0.4, 0.5) is 0 Å². The van der Waals surface area contributed by atoms with Gasteiger partial charge in [-0.15, -0.1) is 5.10 Å². The van der Waals surface area contributed by atoms with Crippen LogP contribution in [0.3, 0.4) is 0 Å². The predicted octanol–water partition coefficient (Wildman–Crippen LogP) is 5.10. The number of nitrogens with one attached hydrogen (secondary N) is 1. The van der Waals surface area contributed by atoms with E-state index in [1.807, 2.05) is 41.1 Å². The molecule has 1 fully saturated rings. The van der Waals surface area contributed by atoms with Crippen LogP contribution in [0.15, 0.2) is 53.3 Å². The minimum atomic E-state index is -0.0679. The number of aromatic nitrogens is 5. The molecule has 1 N–H and O–H groups in total. The molecule has 0 spiro atoms. The molecule has 4 aromatic rings. The summed E-state index contributed by atoms with van der Waals surface area (Å²) < 4.78 is 7.69. The molecule has 2 heterocycles. The van der Waals surface area contributed by atoms with Gasteiger partial charge in [0, 0.05) is 29.7 Å². The molecule has 0 bridgehead atoms. The van der Waals surface area contributed by atoms with Crippen LogP contribution in [0.25, 0.3) is 10.9 Å². The fourth-order valence-corrected chi connectivity index (χ4v) is 5.47. The number of nitrogens with zero attached hydrogens (tertiary/aromatic N) is 5. The number of aryl methyl sites for hydroxylation is 1. The average Bonchev–Trinajstić information content (AvgIpc) is 3.58. The number of methoxy groups -OCH3 is 1. The molecule has 2 aromatic carbocycles. The third-order valence-electron chi connectivity index (χ3n) is 7.33. The monoisotopic (exact) mass is 486 g/mol. The Hall–Kier alpha value is -3.52. The Bertz CT molecular complexity index is 1390. The number of hydrogen-bond donors (Lipinski definition) is 1. The number of ether oxygens (including phenoxy) is 1. The highest BCUT2D eigenvalue weighted by Gasteiger charge is 2.30. The van der Waals surface area contributed by atoms with Gasteiger partial charge >= 0.3 is 0 Å². The fourth-order valence-electron chi connectivity index (χ4n) is 5.47. The summed E-state index contributed by atoms with van der Waals surface area (Å²) in [5.74, 6) is 1.70. The first-order valence-corrected chi connectivity index (χ1v) is 12.8. The zero-order chi connectivity index (χ0) is 25.1. The van der Waals surface area contributed by atoms with Gasteiger partial charge in [0.05, 0.1) is 19.2 Å². The van der Waals surface area contributed by atoms with Gasteiger partial charge in [-0.05, 0) is 66.3 Å². The topological polar surface area (TPSA) is 88.9 Å². The molecule has 8 nitrogen and oxygen atoms in total. The lowest BCUT2D eigenvalue weighted by atomic mass is 10.1. The zero-order valence-electron chi connectivity index (χ0n) is 21.3. The lowest BCUT2D eigenvalue weighted by molar-refractivity contribution is 0.156. The molecule has 1 aliphatic rings. The van der Waals surface area contributed by atoms with E-state index in [2.05, 4.69) is 51.4 Å². The molecule has 0 unspecified atom stereocenters. The summed E-state index contributed by atoms with van der Waals surface area (Å²) in [7, 11) is 1.69. The molecule has 188 valence electrons. The van der Waals surface area contributed by atoms with E-state index in [4.69, 9.17) is 4.74 Å². The third-order valence-corrected chi connectivity index (χ3v) is 7.33. The van der Waals surface area contributed by atoms with Gasteiger partial charge in [-0.25, -0.2) is 4.68 Å². The summed E-state index contributed by atoms with van der Waals surface area (Å²) in [5, 5.41) is 14.0. The molecule has 0 radical (unpaired) electrons. The van der Waals surface area contributed by atoms with Gasteiger partial charge in [-0.2, -0.15) is 0 Å². The Labute approximate surface area is 211 Å². The van der Waals surface area contributed by atoms with E-state index < -0.39 is 0 Å². The molecular weight excluding hydrogens is 452 g/mol. The second-order valence-corrected chi connectivity index (χ2v) is 9.78. The van der Waals surface area contributed by atoms with Crippen molar-refractivity contribution in [3.05, 3.63) is 81.4 Å². The van der Waals surface area contributed by atoms with Crippen LogP contribution >= 0.6 is 0 Å². The predicted molar refractivity (Wildman–Crippen MR) is 140 cm³/mol. The summed E-state index contributed by atoms with van der Waals surface area (Å²) in [5.41, 5.74) is 3.73. The number of para-hydroxylation sites is 1. The Kier molecular flexibility index (Phi) is 7.13. The van der Waals surface area contributed by atoms with Gasteiger partial charge in [0.2, 0.25) is 0 Å². The first kappa shape index (κ1) is 24.2. The van der Waals surface area contributed by atoms with Crippen LogP contribution in [0.5, 0.6) is 5.75 Å². The average molecular weight is 487 g/mol. The number of fused-ring (bicyclic) bond motifs is 1. The molecule has 1 aliphatic carbocycles. The smallest absolute Gasteiger partial charge is 0.252 e. The van der Waals surface area contributed by atoms with Crippen molar-refractivity contribution in [2.75, 3.05) is 7.11 Å². The number of tetrazole rings is 1. The maximum atomic E-state index is 13.2. The molecule has 0 amide bonds. The van der Waals surface area contributed by atoms with Gasteiger partial charge in [0.25, 0.3) is 5.56 Å². The van der Waals surface area contributed by atoms with Crippen molar-refractivity contribution < 1.29 is 4.74 Å². The van der Waals surface area contributed by atoms with Gasteiger partial charge in [0.15, 0.2) is 5.82 Å². The zero-order valence-corrected chi connectivity index (χ0v) is 21.3. The van der Waals surface area contributed by atoms with E-state index in [1.54, 1.807) is 7.11 Å². The standard InChI is InChI=1S/C28H34N6O2/c1-4-25(27-30-31-32-34(27)23-10-6-7-11-23)33(17-20-9-5-8-12-26(20)36-3)18-22-16-21-15-19(2)13-14-24(21)29-28(22)35/h5,8-9,12-16,23,25H,4,6-7,10-11,17-18H2,1-3H3,(H,29,35)/t25-/m0/s1. The molecule has 2 aromatic heterocycles. The molecule has 0 aliphatic heterocycles. The number of aromatic amines is 1. The minimum Gasteiger partial charge on any atom is -0.496 e. The molecule has 8 heteroatoms. The van der Waals surface area contributed by atoms with Crippen LogP contribution in [-0.2, 0) is 13.1 Å². The Morgan fingerprint density at radius 1 is 1.11 bits per heavy atom. The lowest BCUT2D eigenvalue weighted by Gasteiger charge is -2.31. The molecule has 36 heavy (non-hydrogen) atoms. The fraction of sp³-hybridized carbons (Fsp3) is 0.429. The van der Waals surface area contributed by atoms with E-state index >= 15 is 0 Å². The molecular formula is C28H34N6O2. The van der Waals surface area contributed by atoms with Gasteiger partial charge in [0.1, 0.15) is 5.75 Å². The normalized spacial score (nSPS) is 15.1. The summed E-state index contributed by atoms with van der Waals surface area (Å²) in [6.45, 7) is 5.29. The maximum Gasteiger partial charge on any atom is 0.252 e. The second-order valence-electron chi connectivity index (χ2n) is 9.78. The number of pyridine rings is 1. The molecule has 5 rings (SSSR count). The second kappa shape index (κ2) is 10.6. The molecule has 0 saturated heterocycles. The lowest BCUT2D eigenvalue weighted by Crippen LogP contribution is -2.33. The van der Waals surface area contributed by atoms with Crippen LogP contribution in [0.2, 0.25) is 0 Å². The van der Waals surface area contributed by atoms with E-state index in [-0.39, 0.29) is 11.6 Å². The maximum absolute atomic E-state index is 13.2. The van der Waals surface area contributed by atoms with Crippen molar-refractivity contribution in [3.8, 4) is 5.75 Å². The van der Waals surface area contributed by atoms with E-state index in [0.29, 0.717) is 19.1 Å². The van der Waals surface area contributed by atoms with Gasteiger partial charge in [-0.3, -0.25) is 9.69 Å². The first-order chi connectivity index (χ1) is 17.6. The van der Waals surface area contributed by atoms with E-state index in [1.165, 1.54) is 12.8 Å². The van der Waals surface area contributed by atoms with E-state index in [0.717, 1.165) is 58.4 Å². The highest BCUT2D eigenvalue weighted by Crippen LogP contribution is 2.34. The summed E-state index contributed by atoms with van der Waals surface area (Å²) in [6.07, 6.45) is 5.43. The van der Waals surface area contributed by atoms with E-state index in [9.17, 15) is 4.79 Å². The molecule has 1 atom stereocenters. The number of rotatable bonds is 9. The van der Waals surface area contributed by atoms with Crippen molar-refractivity contribution in [1.82, 2.24) is 30.1 Å². The first-order valence-electron chi connectivity index (χ1n) is 12.8. The summed E-state index contributed by atoms with van der Waals surface area (Å²) in [6, 6.07) is 16.4. The number of benzene rings is 2. The highest BCUT2D eigenvalue weighted by atomic mass is 16.5. The van der Waals surface area contributed by atoms with Crippen molar-refractivity contribution in [1.29, 1.82) is 0 Å². The van der Waals surface area contributed by atoms with Crippen LogP contribution < -0.4 is 10.3 Å². The van der Waals surface area contributed by atoms with Crippen LogP contribution in [-0.4, -0.2) is 37.2 Å². The van der Waals surface area contributed by atoms with Crippen molar-refractivity contribution in [3.63, 3.8) is 0 Å². The largest absolute Gasteiger partial charge is 0.496 e. The SMILES string of the molecule is CC[C@@H](c1nnnn1C1CCCC1)N(Cc1ccccc1OC)Cc1cc2cc(C)ccc2[nH]c1=O. The summed E-state index contributed by atoms with van der Waals surface area (Å²) >= 11 is 0. The highest BCUT2D eigenvalue weighted by molar-refractivity contribution is 5.79. The molecule has 1 saturated carbocycles. The quantitative estimate of drug-likeness (QED) is 0.354. The Morgan fingerprint density at radius 3 is 2.67 bits per heavy atom. The third kappa shape index (κ3) is 4.91.